The van der Waals surface area contributed by atoms with Crippen LogP contribution >= 0.6 is 23.2 Å². The summed E-state index contributed by atoms with van der Waals surface area (Å²) in [5, 5.41) is 21.6. The van der Waals surface area contributed by atoms with E-state index in [1.807, 2.05) is 13.0 Å². The maximum Gasteiger partial charge on any atom is 0.134 e. The summed E-state index contributed by atoms with van der Waals surface area (Å²) in [5.74, 6) is 0.0851. The Bertz CT molecular complexity index is 1360. The molecule has 0 bridgehead atoms. The standard InChI is InChI=1S/C26H26Cl2FN5O2/c1-15(25-20(27)12-30-13-21(25)28)36-18-6-7-23-19(8-18)24(34-33-23)9-22(29)16-4-5-17(32-10-16)11-31-14-26(2,3)35/h4-10,12-13,15,31,35H,11,14H2,1-3H3,(H,33,34)/b22-9-/t15-/m1/s1. The van der Waals surface area contributed by atoms with Crippen LogP contribution in [0, 0.1) is 0 Å². The van der Waals surface area contributed by atoms with Gasteiger partial charge in [-0.15, -0.1) is 0 Å². The van der Waals surface area contributed by atoms with Gasteiger partial charge in [0.1, 0.15) is 17.7 Å². The molecule has 3 aromatic heterocycles. The summed E-state index contributed by atoms with van der Waals surface area (Å²) in [6.45, 7) is 6.17. The van der Waals surface area contributed by atoms with Crippen molar-refractivity contribution in [3.05, 3.63) is 81.5 Å². The first-order valence-corrected chi connectivity index (χ1v) is 12.1. The fourth-order valence-electron chi connectivity index (χ4n) is 3.64. The average Bonchev–Trinajstić information content (AvgIpc) is 3.20. The molecule has 0 saturated heterocycles. The highest BCUT2D eigenvalue weighted by Gasteiger charge is 2.17. The van der Waals surface area contributed by atoms with Gasteiger partial charge in [-0.1, -0.05) is 23.2 Å². The van der Waals surface area contributed by atoms with E-state index in [-0.39, 0.29) is 0 Å². The Morgan fingerprint density at radius 3 is 2.61 bits per heavy atom. The number of nitrogens with zero attached hydrogens (tertiary/aromatic N) is 3. The number of H-pyrrole nitrogens is 1. The molecule has 36 heavy (non-hydrogen) atoms. The Hall–Kier alpha value is -3.04. The zero-order chi connectivity index (χ0) is 25.9. The molecule has 3 N–H and O–H groups in total. The molecule has 0 saturated carbocycles. The number of hydrogen-bond acceptors (Lipinski definition) is 6. The lowest BCUT2D eigenvalue weighted by atomic mass is 10.1. The highest BCUT2D eigenvalue weighted by Crippen LogP contribution is 2.34. The van der Waals surface area contributed by atoms with Gasteiger partial charge in [0.15, 0.2) is 0 Å². The maximum atomic E-state index is 15.0. The molecule has 0 aliphatic heterocycles. The number of benzene rings is 1. The summed E-state index contributed by atoms with van der Waals surface area (Å²) in [4.78, 5) is 8.27. The van der Waals surface area contributed by atoms with Crippen LogP contribution in [-0.4, -0.2) is 37.4 Å². The van der Waals surface area contributed by atoms with Crippen molar-refractivity contribution in [2.45, 2.75) is 39.0 Å². The van der Waals surface area contributed by atoms with Crippen molar-refractivity contribution in [2.75, 3.05) is 6.54 Å². The van der Waals surface area contributed by atoms with Crippen LogP contribution in [0.5, 0.6) is 5.75 Å². The third-order valence-corrected chi connectivity index (χ3v) is 6.00. The van der Waals surface area contributed by atoms with Crippen LogP contribution in [-0.2, 0) is 6.54 Å². The summed E-state index contributed by atoms with van der Waals surface area (Å²) in [6, 6.07) is 8.79. The van der Waals surface area contributed by atoms with Gasteiger partial charge in [0, 0.05) is 54.3 Å². The molecular weight excluding hydrogens is 504 g/mol. The molecule has 188 valence electrons. The molecule has 4 aromatic rings. The normalized spacial score (nSPS) is 13.2. The Morgan fingerprint density at radius 1 is 1.19 bits per heavy atom. The van der Waals surface area contributed by atoms with Gasteiger partial charge < -0.3 is 15.2 Å². The van der Waals surface area contributed by atoms with E-state index < -0.39 is 17.5 Å². The largest absolute Gasteiger partial charge is 0.486 e. The number of halogens is 3. The van der Waals surface area contributed by atoms with Gasteiger partial charge in [-0.2, -0.15) is 5.10 Å². The lowest BCUT2D eigenvalue weighted by molar-refractivity contribution is 0.0794. The van der Waals surface area contributed by atoms with Gasteiger partial charge in [-0.05, 0) is 51.1 Å². The molecule has 0 amide bonds. The van der Waals surface area contributed by atoms with Crippen molar-refractivity contribution in [3.63, 3.8) is 0 Å². The molecule has 10 heteroatoms. The molecule has 4 rings (SSSR count). The molecule has 7 nitrogen and oxygen atoms in total. The van der Waals surface area contributed by atoms with E-state index in [1.165, 1.54) is 24.7 Å². The van der Waals surface area contributed by atoms with E-state index in [2.05, 4.69) is 25.5 Å². The fraction of sp³-hybridized carbons (Fsp3) is 0.269. The second-order valence-corrected chi connectivity index (χ2v) is 9.85. The maximum absolute atomic E-state index is 15.0. The Labute approximate surface area is 218 Å². The molecule has 0 aliphatic carbocycles. The minimum Gasteiger partial charge on any atom is -0.486 e. The van der Waals surface area contributed by atoms with Crippen molar-refractivity contribution in [1.82, 2.24) is 25.5 Å². The molecule has 1 atom stereocenters. The number of nitrogens with one attached hydrogen (secondary N) is 2. The van der Waals surface area contributed by atoms with Gasteiger partial charge in [0.2, 0.25) is 0 Å². The van der Waals surface area contributed by atoms with Crippen molar-refractivity contribution >= 4 is 46.0 Å². The first kappa shape index (κ1) is 26.0. The zero-order valence-corrected chi connectivity index (χ0v) is 21.5. The lowest BCUT2D eigenvalue weighted by Gasteiger charge is -2.17. The molecular formula is C26H26Cl2FN5O2. The minimum absolute atomic E-state index is 0.334. The van der Waals surface area contributed by atoms with Crippen molar-refractivity contribution < 1.29 is 14.2 Å². The third-order valence-electron chi connectivity index (χ3n) is 5.40. The summed E-state index contributed by atoms with van der Waals surface area (Å²) >= 11 is 12.5. The van der Waals surface area contributed by atoms with E-state index in [0.717, 1.165) is 11.2 Å². The SMILES string of the molecule is C[C@@H](Oc1ccc2[nH]nc(/C=C(\F)c3ccc(CNCC(C)(C)O)nc3)c2c1)c1c(Cl)cncc1Cl. The van der Waals surface area contributed by atoms with Gasteiger partial charge in [-0.25, -0.2) is 4.39 Å². The van der Waals surface area contributed by atoms with E-state index in [1.54, 1.807) is 38.1 Å². The van der Waals surface area contributed by atoms with Crippen LogP contribution in [0.3, 0.4) is 0 Å². The summed E-state index contributed by atoms with van der Waals surface area (Å²) in [5.41, 5.74) is 2.06. The van der Waals surface area contributed by atoms with Gasteiger partial charge in [0.05, 0.1) is 32.6 Å². The highest BCUT2D eigenvalue weighted by molar-refractivity contribution is 6.35. The van der Waals surface area contributed by atoms with Crippen LogP contribution in [0.2, 0.25) is 10.0 Å². The monoisotopic (exact) mass is 529 g/mol. The van der Waals surface area contributed by atoms with Crippen LogP contribution < -0.4 is 10.1 Å². The topological polar surface area (TPSA) is 96.0 Å². The van der Waals surface area contributed by atoms with E-state index >= 15 is 4.39 Å². The van der Waals surface area contributed by atoms with Crippen molar-refractivity contribution in [3.8, 4) is 5.75 Å². The highest BCUT2D eigenvalue weighted by atomic mass is 35.5. The second kappa shape index (κ2) is 10.9. The predicted molar refractivity (Wildman–Crippen MR) is 141 cm³/mol. The quantitative estimate of drug-likeness (QED) is 0.241. The van der Waals surface area contributed by atoms with E-state index in [4.69, 9.17) is 27.9 Å². The number of ether oxygens (including phenoxy) is 1. The summed E-state index contributed by atoms with van der Waals surface area (Å²) < 4.78 is 21.1. The van der Waals surface area contributed by atoms with Crippen molar-refractivity contribution in [2.24, 2.45) is 0 Å². The van der Waals surface area contributed by atoms with Gasteiger partial charge >= 0.3 is 0 Å². The van der Waals surface area contributed by atoms with Crippen molar-refractivity contribution in [1.29, 1.82) is 0 Å². The molecule has 0 spiro atoms. The van der Waals surface area contributed by atoms with Crippen LogP contribution in [0.4, 0.5) is 4.39 Å². The van der Waals surface area contributed by atoms with Gasteiger partial charge in [0.25, 0.3) is 0 Å². The lowest BCUT2D eigenvalue weighted by Crippen LogP contribution is -2.34. The number of aromatic nitrogens is 4. The fourth-order valence-corrected chi connectivity index (χ4v) is 4.31. The predicted octanol–water partition coefficient (Wildman–Crippen LogP) is 6.13. The summed E-state index contributed by atoms with van der Waals surface area (Å²) in [6.07, 6.45) is 5.42. The molecule has 0 unspecified atom stereocenters. The second-order valence-electron chi connectivity index (χ2n) is 9.04. The molecule has 0 radical (unpaired) electrons. The average molecular weight is 530 g/mol. The first-order chi connectivity index (χ1) is 17.1. The number of aliphatic hydroxyl groups is 1. The molecule has 3 heterocycles. The number of rotatable bonds is 9. The minimum atomic E-state index is -0.816. The van der Waals surface area contributed by atoms with E-state index in [0.29, 0.717) is 51.1 Å². The van der Waals surface area contributed by atoms with Crippen LogP contribution in [0.1, 0.15) is 49.4 Å². The number of hydrogen-bond donors (Lipinski definition) is 3. The molecule has 0 fully saturated rings. The van der Waals surface area contributed by atoms with E-state index in [9.17, 15) is 5.11 Å². The molecule has 1 aromatic carbocycles. The molecule has 0 aliphatic rings. The smallest absolute Gasteiger partial charge is 0.134 e. The Morgan fingerprint density at radius 2 is 1.94 bits per heavy atom. The third kappa shape index (κ3) is 6.39. The number of pyridine rings is 2. The Balaban J connectivity index is 1.51. The van der Waals surface area contributed by atoms with Crippen LogP contribution in [0.15, 0.2) is 48.9 Å². The first-order valence-electron chi connectivity index (χ1n) is 11.3. The number of aromatic amines is 1. The Kier molecular flexibility index (Phi) is 7.90. The number of fused-ring (bicyclic) bond motifs is 1. The van der Waals surface area contributed by atoms with Crippen LogP contribution in [0.25, 0.3) is 22.8 Å². The summed E-state index contributed by atoms with van der Waals surface area (Å²) in [7, 11) is 0. The zero-order valence-electron chi connectivity index (χ0n) is 20.0. The van der Waals surface area contributed by atoms with Gasteiger partial charge in [-0.3, -0.25) is 15.1 Å².